The van der Waals surface area contributed by atoms with Crippen LogP contribution in [0, 0.1) is 0 Å². The van der Waals surface area contributed by atoms with E-state index < -0.39 is 22.0 Å². The number of nitrogens with one attached hydrogen (secondary N) is 1. The maximum atomic E-state index is 11.4. The van der Waals surface area contributed by atoms with Crippen LogP contribution in [0.3, 0.4) is 0 Å². The number of rotatable bonds is 3. The molecule has 0 aromatic heterocycles. The fourth-order valence-corrected chi connectivity index (χ4v) is 4.01. The first-order valence-electron chi connectivity index (χ1n) is 5.22. The van der Waals surface area contributed by atoms with Crippen LogP contribution in [-0.4, -0.2) is 31.3 Å². The van der Waals surface area contributed by atoms with Crippen LogP contribution >= 0.6 is 23.4 Å². The summed E-state index contributed by atoms with van der Waals surface area (Å²) in [7, 11) is -3.90. The van der Waals surface area contributed by atoms with E-state index in [0.717, 1.165) is 0 Å². The van der Waals surface area contributed by atoms with Crippen molar-refractivity contribution in [2.75, 3.05) is 5.75 Å². The molecule has 6 nitrogen and oxygen atoms in total. The predicted octanol–water partition coefficient (Wildman–Crippen LogP) is 0.776. The quantitative estimate of drug-likeness (QED) is 0.758. The number of hydrogen-bond acceptors (Lipinski definition) is 5. The van der Waals surface area contributed by atoms with E-state index in [-0.39, 0.29) is 15.3 Å². The van der Waals surface area contributed by atoms with Crippen molar-refractivity contribution in [1.29, 1.82) is 0 Å². The van der Waals surface area contributed by atoms with E-state index in [1.54, 1.807) is 6.07 Å². The van der Waals surface area contributed by atoms with Crippen molar-refractivity contribution in [1.82, 2.24) is 5.32 Å². The van der Waals surface area contributed by atoms with Gasteiger partial charge in [0.15, 0.2) is 0 Å². The first-order chi connectivity index (χ1) is 8.79. The Hall–Kier alpha value is -0.800. The SMILES string of the molecule is NS(=O)(=O)c1cc(C2N[C@H](C(=O)O)CS2)ccc1Cl. The van der Waals surface area contributed by atoms with Crippen LogP contribution in [0.15, 0.2) is 23.1 Å². The molecular formula is C10H11ClN2O4S2. The first kappa shape index (κ1) is 14.6. The largest absolute Gasteiger partial charge is 0.480 e. The van der Waals surface area contributed by atoms with Crippen molar-refractivity contribution in [3.05, 3.63) is 28.8 Å². The summed E-state index contributed by atoms with van der Waals surface area (Å²) in [6.07, 6.45) is 0. The Morgan fingerprint density at radius 3 is 2.74 bits per heavy atom. The molecule has 1 aliphatic heterocycles. The number of carboxylic acid groups (broad SMARTS) is 1. The molecule has 104 valence electrons. The minimum absolute atomic E-state index is 0.0454. The second kappa shape index (κ2) is 5.29. The van der Waals surface area contributed by atoms with Crippen molar-refractivity contribution in [3.8, 4) is 0 Å². The molecule has 4 N–H and O–H groups in total. The molecule has 9 heteroatoms. The highest BCUT2D eigenvalue weighted by atomic mass is 35.5. The summed E-state index contributed by atoms with van der Waals surface area (Å²) in [6.45, 7) is 0. The molecule has 0 amide bonds. The summed E-state index contributed by atoms with van der Waals surface area (Å²) in [6, 6.07) is 3.80. The number of carboxylic acids is 1. The summed E-state index contributed by atoms with van der Waals surface area (Å²) in [5, 5.41) is 16.6. The number of primary sulfonamides is 1. The number of aliphatic carboxylic acids is 1. The summed E-state index contributed by atoms with van der Waals surface area (Å²) >= 11 is 7.17. The van der Waals surface area contributed by atoms with Crippen LogP contribution < -0.4 is 10.5 Å². The van der Waals surface area contributed by atoms with E-state index in [0.29, 0.717) is 11.3 Å². The molecule has 2 rings (SSSR count). The molecule has 1 aromatic carbocycles. The van der Waals surface area contributed by atoms with Crippen molar-refractivity contribution < 1.29 is 18.3 Å². The minimum atomic E-state index is -3.90. The summed E-state index contributed by atoms with van der Waals surface area (Å²) in [5.41, 5.74) is 0.627. The lowest BCUT2D eigenvalue weighted by molar-refractivity contribution is -0.138. The molecule has 0 spiro atoms. The average Bonchev–Trinajstić information content (AvgIpc) is 2.77. The number of sulfonamides is 1. The summed E-state index contributed by atoms with van der Waals surface area (Å²) in [5.74, 6) is -0.525. The van der Waals surface area contributed by atoms with E-state index in [9.17, 15) is 13.2 Å². The van der Waals surface area contributed by atoms with E-state index in [2.05, 4.69) is 5.32 Å². The summed E-state index contributed by atoms with van der Waals surface area (Å²) in [4.78, 5) is 10.7. The van der Waals surface area contributed by atoms with Gasteiger partial charge in [0.05, 0.1) is 10.4 Å². The Morgan fingerprint density at radius 2 is 2.21 bits per heavy atom. The minimum Gasteiger partial charge on any atom is -0.480 e. The number of benzene rings is 1. The van der Waals surface area contributed by atoms with Gasteiger partial charge in [0.25, 0.3) is 0 Å². The highest BCUT2D eigenvalue weighted by molar-refractivity contribution is 7.99. The van der Waals surface area contributed by atoms with Gasteiger partial charge in [-0.2, -0.15) is 0 Å². The smallest absolute Gasteiger partial charge is 0.321 e. The predicted molar refractivity (Wildman–Crippen MR) is 72.6 cm³/mol. The van der Waals surface area contributed by atoms with Gasteiger partial charge in [-0.15, -0.1) is 11.8 Å². The lowest BCUT2D eigenvalue weighted by Gasteiger charge is -2.13. The van der Waals surface area contributed by atoms with Gasteiger partial charge in [-0.3, -0.25) is 10.1 Å². The maximum Gasteiger partial charge on any atom is 0.321 e. The Morgan fingerprint density at radius 1 is 1.53 bits per heavy atom. The van der Waals surface area contributed by atoms with Crippen molar-refractivity contribution in [2.45, 2.75) is 16.3 Å². The standard InChI is InChI=1S/C10H11ClN2O4S2/c11-6-2-1-5(3-8(6)19(12,16)17)9-13-7(4-18-9)10(14)15/h1-3,7,9,13H,4H2,(H,14,15)(H2,12,16,17)/t7-,9?/m0/s1. The molecule has 0 aliphatic carbocycles. The van der Waals surface area contributed by atoms with Gasteiger partial charge in [-0.25, -0.2) is 13.6 Å². The van der Waals surface area contributed by atoms with Crippen molar-refractivity contribution in [3.63, 3.8) is 0 Å². The van der Waals surface area contributed by atoms with E-state index in [4.69, 9.17) is 21.8 Å². The van der Waals surface area contributed by atoms with Gasteiger partial charge in [-0.05, 0) is 17.7 Å². The number of hydrogen-bond donors (Lipinski definition) is 3. The topological polar surface area (TPSA) is 109 Å². The van der Waals surface area contributed by atoms with Crippen LogP contribution in [0.25, 0.3) is 0 Å². The number of carbonyl (C=O) groups is 1. The zero-order valence-corrected chi connectivity index (χ0v) is 11.9. The van der Waals surface area contributed by atoms with Gasteiger partial charge in [-0.1, -0.05) is 17.7 Å². The zero-order chi connectivity index (χ0) is 14.2. The van der Waals surface area contributed by atoms with Crippen LogP contribution in [0.2, 0.25) is 5.02 Å². The zero-order valence-electron chi connectivity index (χ0n) is 9.54. The summed E-state index contributed by atoms with van der Waals surface area (Å²) < 4.78 is 22.7. The van der Waals surface area contributed by atoms with E-state index in [1.807, 2.05) is 0 Å². The van der Waals surface area contributed by atoms with Gasteiger partial charge in [0.2, 0.25) is 10.0 Å². The number of nitrogens with two attached hydrogens (primary N) is 1. The third-order valence-electron chi connectivity index (χ3n) is 2.64. The normalized spacial score (nSPS) is 23.5. The lowest BCUT2D eigenvalue weighted by Crippen LogP contribution is -2.33. The molecule has 2 atom stereocenters. The fourth-order valence-electron chi connectivity index (χ4n) is 1.71. The molecule has 0 bridgehead atoms. The molecule has 1 aliphatic rings. The molecule has 1 fully saturated rings. The van der Waals surface area contributed by atoms with Crippen LogP contribution in [0.1, 0.15) is 10.9 Å². The van der Waals surface area contributed by atoms with Gasteiger partial charge in [0, 0.05) is 5.75 Å². The second-order valence-corrected chi connectivity index (χ2v) is 7.08. The third kappa shape index (κ3) is 3.21. The van der Waals surface area contributed by atoms with E-state index >= 15 is 0 Å². The van der Waals surface area contributed by atoms with Gasteiger partial charge in [0.1, 0.15) is 10.9 Å². The third-order valence-corrected chi connectivity index (χ3v) is 5.30. The molecule has 1 heterocycles. The molecule has 1 unspecified atom stereocenters. The van der Waals surface area contributed by atoms with Crippen molar-refractivity contribution >= 4 is 39.4 Å². The Balaban J connectivity index is 2.31. The molecule has 19 heavy (non-hydrogen) atoms. The Bertz CT molecular complexity index is 620. The molecule has 0 saturated carbocycles. The first-order valence-corrected chi connectivity index (χ1v) is 8.19. The van der Waals surface area contributed by atoms with E-state index in [1.165, 1.54) is 23.9 Å². The maximum absolute atomic E-state index is 11.4. The Labute approximate surface area is 119 Å². The van der Waals surface area contributed by atoms with Crippen LogP contribution in [-0.2, 0) is 14.8 Å². The highest BCUT2D eigenvalue weighted by Gasteiger charge is 2.31. The van der Waals surface area contributed by atoms with Crippen LogP contribution in [0.5, 0.6) is 0 Å². The Kier molecular flexibility index (Phi) is 4.07. The molecular weight excluding hydrogens is 312 g/mol. The lowest BCUT2D eigenvalue weighted by atomic mass is 10.2. The van der Waals surface area contributed by atoms with Crippen LogP contribution in [0.4, 0.5) is 0 Å². The molecule has 1 aromatic rings. The monoisotopic (exact) mass is 322 g/mol. The fraction of sp³-hybridized carbons (Fsp3) is 0.300. The van der Waals surface area contributed by atoms with Gasteiger partial charge < -0.3 is 5.11 Å². The average molecular weight is 323 g/mol. The molecule has 0 radical (unpaired) electrons. The number of thioether (sulfide) groups is 1. The molecule has 1 saturated heterocycles. The van der Waals surface area contributed by atoms with Gasteiger partial charge >= 0.3 is 5.97 Å². The number of halogens is 1. The highest BCUT2D eigenvalue weighted by Crippen LogP contribution is 2.35. The van der Waals surface area contributed by atoms with Crippen molar-refractivity contribution in [2.24, 2.45) is 5.14 Å². The second-order valence-electron chi connectivity index (χ2n) is 4.01.